The lowest BCUT2D eigenvalue weighted by Crippen LogP contribution is -2.32. The fraction of sp³-hybridized carbons (Fsp3) is 0.517. The van der Waals surface area contributed by atoms with Crippen LogP contribution < -0.4 is 35.7 Å². The molecule has 1 fully saturated rings. The van der Waals surface area contributed by atoms with Crippen LogP contribution in [-0.4, -0.2) is 91.3 Å². The highest BCUT2D eigenvalue weighted by atomic mass is 32.2. The van der Waals surface area contributed by atoms with Gasteiger partial charge in [-0.25, -0.2) is 21.6 Å². The molecule has 0 unspecified atom stereocenters. The Kier molecular flexibility index (Phi) is 16.1. The number of carbonyl (C=O) groups excluding carboxylic acids is 1. The lowest BCUT2D eigenvalue weighted by molar-refractivity contribution is -0.140. The zero-order valence-electron chi connectivity index (χ0n) is 26.4. The Hall–Kier alpha value is -3.60. The first-order valence-corrected chi connectivity index (χ1v) is 18.1. The molecule has 3 rings (SSSR count). The number of carboxylic acids is 1. The molecule has 0 aromatic heterocycles. The van der Waals surface area contributed by atoms with Crippen molar-refractivity contribution in [2.75, 3.05) is 51.5 Å². The van der Waals surface area contributed by atoms with Crippen LogP contribution in [0.1, 0.15) is 49.9 Å². The molecule has 0 bridgehead atoms. The standard InChI is InChI=1S/2C12H19NO4S.C5H7NO3/c2*1-4-17-12-7-9(5-6-11(12)16-2)10(13)8-18(3,14)15;7-4-2-1-3(6-4)5(8)9/h2*5-7,10H,4,8,13H2,1-3H3;3H,1-2H2,(H,6,7)(H,8,9)/t2*10-;3-/m111/s1. The van der Waals surface area contributed by atoms with Crippen molar-refractivity contribution < 1.29 is 50.5 Å². The molecule has 1 amide bonds. The van der Waals surface area contributed by atoms with E-state index in [-0.39, 0.29) is 17.4 Å². The Morgan fingerprint density at radius 2 is 1.24 bits per heavy atom. The molecule has 1 heterocycles. The molecule has 0 saturated carbocycles. The minimum atomic E-state index is -3.11. The highest BCUT2D eigenvalue weighted by molar-refractivity contribution is 7.90. The lowest BCUT2D eigenvalue weighted by atomic mass is 10.1. The van der Waals surface area contributed by atoms with E-state index in [1.54, 1.807) is 50.6 Å². The number of nitrogens with one attached hydrogen (secondary N) is 1. The van der Waals surface area contributed by atoms with Gasteiger partial charge in [-0.15, -0.1) is 0 Å². The largest absolute Gasteiger partial charge is 0.493 e. The van der Waals surface area contributed by atoms with E-state index in [0.29, 0.717) is 60.2 Å². The molecule has 14 nitrogen and oxygen atoms in total. The highest BCUT2D eigenvalue weighted by Crippen LogP contribution is 2.31. The van der Waals surface area contributed by atoms with Crippen LogP contribution in [0.3, 0.4) is 0 Å². The predicted octanol–water partition coefficient (Wildman–Crippen LogP) is 1.63. The van der Waals surface area contributed by atoms with Gasteiger partial charge < -0.3 is 40.8 Å². The average Bonchev–Trinajstić information content (AvgIpc) is 3.39. The molecule has 1 saturated heterocycles. The normalized spacial score (nSPS) is 15.6. The van der Waals surface area contributed by atoms with Gasteiger partial charge in [0.15, 0.2) is 23.0 Å². The second-order valence-electron chi connectivity index (χ2n) is 10.1. The quantitative estimate of drug-likeness (QED) is 0.237. The molecule has 1 aliphatic rings. The van der Waals surface area contributed by atoms with E-state index in [4.69, 9.17) is 35.5 Å². The van der Waals surface area contributed by atoms with Crippen LogP contribution in [0.15, 0.2) is 36.4 Å². The molecule has 6 N–H and O–H groups in total. The molecule has 45 heavy (non-hydrogen) atoms. The molecule has 16 heteroatoms. The number of carbonyl (C=O) groups is 2. The number of amides is 1. The second kappa shape index (κ2) is 18.4. The number of methoxy groups -OCH3 is 2. The fourth-order valence-corrected chi connectivity index (χ4v) is 5.72. The maximum absolute atomic E-state index is 11.2. The fourth-order valence-electron chi connectivity index (χ4n) is 4.03. The SMILES string of the molecule is CCOc1cc([C@H](N)CS(C)(=O)=O)ccc1OC.CCOc1cc([C@H](N)CS(C)(=O)=O)ccc1OC.O=C1CC[C@H](C(=O)O)N1. The van der Waals surface area contributed by atoms with E-state index in [9.17, 15) is 26.4 Å². The first-order chi connectivity index (χ1) is 20.9. The Morgan fingerprint density at radius 1 is 0.844 bits per heavy atom. The average molecular weight is 676 g/mol. The summed E-state index contributed by atoms with van der Waals surface area (Å²) in [6.45, 7) is 4.73. The van der Waals surface area contributed by atoms with E-state index in [0.717, 1.165) is 0 Å². The summed E-state index contributed by atoms with van der Waals surface area (Å²) in [7, 11) is -3.12. The Bertz CT molecular complexity index is 1390. The van der Waals surface area contributed by atoms with E-state index in [1.807, 2.05) is 13.8 Å². The minimum Gasteiger partial charge on any atom is -0.493 e. The van der Waals surface area contributed by atoms with Crippen molar-refractivity contribution in [3.63, 3.8) is 0 Å². The summed E-state index contributed by atoms with van der Waals surface area (Å²) in [6, 6.07) is 8.61. The van der Waals surface area contributed by atoms with Gasteiger partial charge in [-0.05, 0) is 55.7 Å². The van der Waals surface area contributed by atoms with Gasteiger partial charge in [0.25, 0.3) is 0 Å². The van der Waals surface area contributed by atoms with E-state index in [1.165, 1.54) is 12.5 Å². The summed E-state index contributed by atoms with van der Waals surface area (Å²) in [5.74, 6) is 1.06. The van der Waals surface area contributed by atoms with Gasteiger partial charge in [0.1, 0.15) is 25.7 Å². The summed E-state index contributed by atoms with van der Waals surface area (Å²) in [5.41, 5.74) is 13.1. The van der Waals surface area contributed by atoms with E-state index < -0.39 is 43.8 Å². The van der Waals surface area contributed by atoms with Crippen LogP contribution in [0.5, 0.6) is 23.0 Å². The maximum Gasteiger partial charge on any atom is 0.326 e. The molecule has 254 valence electrons. The van der Waals surface area contributed by atoms with Crippen molar-refractivity contribution in [3.05, 3.63) is 47.5 Å². The molecule has 0 aliphatic carbocycles. The number of carboxylic acid groups (broad SMARTS) is 1. The molecule has 1 aliphatic heterocycles. The molecular formula is C29H45N3O11S2. The second-order valence-corrected chi connectivity index (χ2v) is 14.5. The summed E-state index contributed by atoms with van der Waals surface area (Å²) >= 11 is 0. The zero-order chi connectivity index (χ0) is 34.4. The number of hydrogen-bond acceptors (Lipinski definition) is 12. The number of nitrogens with two attached hydrogens (primary N) is 2. The van der Waals surface area contributed by atoms with Crippen molar-refractivity contribution in [1.29, 1.82) is 0 Å². The van der Waals surface area contributed by atoms with Gasteiger partial charge in [0.05, 0.1) is 38.9 Å². The van der Waals surface area contributed by atoms with Crippen molar-refractivity contribution in [1.82, 2.24) is 5.32 Å². The van der Waals surface area contributed by atoms with E-state index in [2.05, 4.69) is 5.32 Å². The van der Waals surface area contributed by atoms with Gasteiger partial charge in [0, 0.05) is 31.0 Å². The van der Waals surface area contributed by atoms with E-state index >= 15 is 0 Å². The number of rotatable bonds is 13. The maximum atomic E-state index is 11.2. The number of benzene rings is 2. The smallest absolute Gasteiger partial charge is 0.326 e. The predicted molar refractivity (Wildman–Crippen MR) is 170 cm³/mol. The number of sulfone groups is 2. The zero-order valence-corrected chi connectivity index (χ0v) is 28.1. The Morgan fingerprint density at radius 3 is 1.49 bits per heavy atom. The Labute approximate surface area is 265 Å². The van der Waals surface area contributed by atoms with Gasteiger partial charge >= 0.3 is 5.97 Å². The van der Waals surface area contributed by atoms with Gasteiger partial charge in [-0.3, -0.25) is 4.79 Å². The molecule has 2 aromatic rings. The number of hydrogen-bond donors (Lipinski definition) is 4. The first-order valence-electron chi connectivity index (χ1n) is 13.9. The van der Waals surface area contributed by atoms with Crippen LogP contribution in [0.2, 0.25) is 0 Å². The van der Waals surface area contributed by atoms with Crippen LogP contribution in [0.4, 0.5) is 0 Å². The third kappa shape index (κ3) is 14.8. The van der Waals surface area contributed by atoms with Gasteiger partial charge in [-0.2, -0.15) is 0 Å². The van der Waals surface area contributed by atoms with Crippen LogP contribution in [0.25, 0.3) is 0 Å². The van der Waals surface area contributed by atoms with Crippen LogP contribution >= 0.6 is 0 Å². The first kappa shape index (κ1) is 39.4. The third-order valence-corrected chi connectivity index (χ3v) is 8.02. The van der Waals surface area contributed by atoms with Crippen LogP contribution in [0, 0.1) is 0 Å². The van der Waals surface area contributed by atoms with Crippen molar-refractivity contribution >= 4 is 31.6 Å². The molecular weight excluding hydrogens is 630 g/mol. The van der Waals surface area contributed by atoms with Crippen LogP contribution in [-0.2, 0) is 29.3 Å². The summed E-state index contributed by atoms with van der Waals surface area (Å²) in [4.78, 5) is 20.5. The monoisotopic (exact) mass is 675 g/mol. The molecule has 0 spiro atoms. The van der Waals surface area contributed by atoms with Gasteiger partial charge in [0.2, 0.25) is 5.91 Å². The van der Waals surface area contributed by atoms with Crippen molar-refractivity contribution in [2.45, 2.75) is 44.8 Å². The summed E-state index contributed by atoms with van der Waals surface area (Å²) < 4.78 is 66.0. The Balaban J connectivity index is 0.000000356. The summed E-state index contributed by atoms with van der Waals surface area (Å²) in [5, 5.41) is 10.6. The topological polar surface area (TPSA) is 224 Å². The molecule has 2 aromatic carbocycles. The third-order valence-electron chi connectivity index (χ3n) is 6.09. The van der Waals surface area contributed by atoms with Crippen molar-refractivity contribution in [2.24, 2.45) is 11.5 Å². The number of aliphatic carboxylic acids is 1. The number of ether oxygens (including phenoxy) is 4. The minimum absolute atomic E-state index is 0.0924. The molecule has 3 atom stereocenters. The van der Waals surface area contributed by atoms with Gasteiger partial charge in [-0.1, -0.05) is 12.1 Å². The summed E-state index contributed by atoms with van der Waals surface area (Å²) in [6.07, 6.45) is 3.10. The molecule has 0 radical (unpaired) electrons. The van der Waals surface area contributed by atoms with Crippen molar-refractivity contribution in [3.8, 4) is 23.0 Å². The lowest BCUT2D eigenvalue weighted by Gasteiger charge is -2.15. The highest BCUT2D eigenvalue weighted by Gasteiger charge is 2.26.